The number of aromatic amines is 1. The van der Waals surface area contributed by atoms with Crippen molar-refractivity contribution in [3.8, 4) is 11.3 Å². The molecule has 0 amide bonds. The first-order chi connectivity index (χ1) is 12.8. The third-order valence-corrected chi connectivity index (χ3v) is 4.96. The second-order valence-electron chi connectivity index (χ2n) is 6.60. The summed E-state index contributed by atoms with van der Waals surface area (Å²) in [6.07, 6.45) is 9.46. The number of hydrogen-bond acceptors (Lipinski definition) is 5. The molecule has 0 bridgehead atoms. The number of pyridine rings is 2. The summed E-state index contributed by atoms with van der Waals surface area (Å²) in [4.78, 5) is 19.2. The van der Waals surface area contributed by atoms with Gasteiger partial charge in [-0.1, -0.05) is 6.07 Å². The minimum absolute atomic E-state index is 0.231. The third-order valence-electron chi connectivity index (χ3n) is 4.96. The fourth-order valence-corrected chi connectivity index (χ4v) is 3.54. The van der Waals surface area contributed by atoms with Crippen LogP contribution in [0, 0.1) is 0 Å². The van der Waals surface area contributed by atoms with E-state index in [4.69, 9.17) is 4.74 Å². The van der Waals surface area contributed by atoms with Gasteiger partial charge in [-0.15, -0.1) is 0 Å². The summed E-state index contributed by atoms with van der Waals surface area (Å²) in [6.45, 7) is 1.85. The molecule has 26 heavy (non-hydrogen) atoms. The summed E-state index contributed by atoms with van der Waals surface area (Å²) >= 11 is 0. The molecule has 3 aromatic heterocycles. The van der Waals surface area contributed by atoms with Crippen LogP contribution in [0.5, 0.6) is 0 Å². The zero-order valence-corrected chi connectivity index (χ0v) is 14.9. The van der Waals surface area contributed by atoms with Crippen molar-refractivity contribution in [1.82, 2.24) is 24.8 Å². The molecule has 0 spiro atoms. The standard InChI is InChI=1S/C20H23N5O/c1-26-17-11-19(25(14-17)10-7-16-6-2-3-9-22-16)20-23-13-18(24-20)15-5-4-8-21-12-15/h2-6,8-9,12-13,17,19H,7,10-11,14H2,1H3,(H,23,24)/t17-,19+/m1/s1. The average molecular weight is 349 g/mol. The number of ether oxygens (including phenoxy) is 1. The molecule has 0 aromatic carbocycles. The molecular formula is C20H23N5O. The maximum absolute atomic E-state index is 5.63. The molecule has 0 radical (unpaired) electrons. The molecule has 1 N–H and O–H groups in total. The Morgan fingerprint density at radius 2 is 2.12 bits per heavy atom. The van der Waals surface area contributed by atoms with Gasteiger partial charge in [0.1, 0.15) is 5.82 Å². The molecule has 3 aromatic rings. The quantitative estimate of drug-likeness (QED) is 0.741. The molecular weight excluding hydrogens is 326 g/mol. The van der Waals surface area contributed by atoms with Crippen molar-refractivity contribution in [2.45, 2.75) is 25.0 Å². The summed E-state index contributed by atoms with van der Waals surface area (Å²) in [5, 5.41) is 0. The predicted octanol–water partition coefficient (Wildman–Crippen LogP) is 2.87. The number of methoxy groups -OCH3 is 1. The van der Waals surface area contributed by atoms with Gasteiger partial charge in [-0.3, -0.25) is 14.9 Å². The lowest BCUT2D eigenvalue weighted by molar-refractivity contribution is 0.108. The van der Waals surface area contributed by atoms with E-state index in [0.717, 1.165) is 48.7 Å². The topological polar surface area (TPSA) is 66.9 Å². The number of likely N-dealkylation sites (tertiary alicyclic amines) is 1. The molecule has 1 aliphatic heterocycles. The molecule has 4 heterocycles. The van der Waals surface area contributed by atoms with E-state index in [1.54, 1.807) is 13.3 Å². The van der Waals surface area contributed by atoms with Crippen molar-refractivity contribution in [3.05, 3.63) is 66.6 Å². The predicted molar refractivity (Wildman–Crippen MR) is 99.5 cm³/mol. The van der Waals surface area contributed by atoms with Gasteiger partial charge in [0.2, 0.25) is 0 Å². The maximum atomic E-state index is 5.63. The largest absolute Gasteiger partial charge is 0.380 e. The molecule has 0 saturated carbocycles. The number of aromatic nitrogens is 4. The summed E-state index contributed by atoms with van der Waals surface area (Å²) < 4.78 is 5.63. The van der Waals surface area contributed by atoms with Gasteiger partial charge in [0, 0.05) is 56.5 Å². The molecule has 1 saturated heterocycles. The summed E-state index contributed by atoms with van der Waals surface area (Å²) in [7, 11) is 1.78. The van der Waals surface area contributed by atoms with Crippen LogP contribution in [0.15, 0.2) is 55.1 Å². The van der Waals surface area contributed by atoms with Crippen molar-refractivity contribution >= 4 is 0 Å². The number of hydrogen-bond donors (Lipinski definition) is 1. The Labute approximate surface area is 153 Å². The smallest absolute Gasteiger partial charge is 0.124 e. The second kappa shape index (κ2) is 7.76. The fourth-order valence-electron chi connectivity index (χ4n) is 3.54. The Kier molecular flexibility index (Phi) is 5.04. The normalized spacial score (nSPS) is 20.5. The number of nitrogens with zero attached hydrogens (tertiary/aromatic N) is 4. The van der Waals surface area contributed by atoms with Crippen molar-refractivity contribution in [3.63, 3.8) is 0 Å². The molecule has 1 aliphatic rings. The van der Waals surface area contributed by atoms with Gasteiger partial charge >= 0.3 is 0 Å². The molecule has 6 nitrogen and oxygen atoms in total. The Balaban J connectivity index is 1.50. The molecule has 2 atom stereocenters. The van der Waals surface area contributed by atoms with E-state index >= 15 is 0 Å². The second-order valence-corrected chi connectivity index (χ2v) is 6.60. The molecule has 0 unspecified atom stereocenters. The van der Waals surface area contributed by atoms with E-state index in [1.165, 1.54) is 0 Å². The zero-order chi connectivity index (χ0) is 17.8. The number of imidazole rings is 1. The molecule has 134 valence electrons. The number of nitrogens with one attached hydrogen (secondary N) is 1. The van der Waals surface area contributed by atoms with Crippen LogP contribution >= 0.6 is 0 Å². The minimum Gasteiger partial charge on any atom is -0.380 e. The highest BCUT2D eigenvalue weighted by Gasteiger charge is 2.34. The highest BCUT2D eigenvalue weighted by Crippen LogP contribution is 2.32. The molecule has 1 fully saturated rings. The van der Waals surface area contributed by atoms with Gasteiger partial charge in [0.15, 0.2) is 0 Å². The summed E-state index contributed by atoms with van der Waals surface area (Å²) in [6, 6.07) is 10.3. The van der Waals surface area contributed by atoms with Gasteiger partial charge in [-0.2, -0.15) is 0 Å². The van der Waals surface area contributed by atoms with Crippen LogP contribution in [0.25, 0.3) is 11.3 Å². The van der Waals surface area contributed by atoms with Crippen LogP contribution < -0.4 is 0 Å². The highest BCUT2D eigenvalue weighted by molar-refractivity contribution is 5.56. The Morgan fingerprint density at radius 1 is 1.15 bits per heavy atom. The lowest BCUT2D eigenvalue weighted by atomic mass is 10.2. The third kappa shape index (κ3) is 3.66. The van der Waals surface area contributed by atoms with Gasteiger partial charge in [-0.25, -0.2) is 4.98 Å². The van der Waals surface area contributed by atoms with E-state index < -0.39 is 0 Å². The van der Waals surface area contributed by atoms with E-state index in [-0.39, 0.29) is 12.1 Å². The highest BCUT2D eigenvalue weighted by atomic mass is 16.5. The first kappa shape index (κ1) is 16.9. The average Bonchev–Trinajstić information content (AvgIpc) is 3.35. The van der Waals surface area contributed by atoms with E-state index in [0.29, 0.717) is 0 Å². The van der Waals surface area contributed by atoms with E-state index in [1.807, 2.05) is 42.9 Å². The van der Waals surface area contributed by atoms with Crippen molar-refractivity contribution in [2.24, 2.45) is 0 Å². The van der Waals surface area contributed by atoms with Gasteiger partial charge in [-0.05, 0) is 30.7 Å². The minimum atomic E-state index is 0.231. The first-order valence-electron chi connectivity index (χ1n) is 8.95. The lowest BCUT2D eigenvalue weighted by Crippen LogP contribution is -2.28. The molecule has 4 rings (SSSR count). The van der Waals surface area contributed by atoms with Gasteiger partial charge in [0.25, 0.3) is 0 Å². The van der Waals surface area contributed by atoms with Crippen LogP contribution in [-0.2, 0) is 11.2 Å². The summed E-state index contributed by atoms with van der Waals surface area (Å²) in [5.74, 6) is 0.990. The van der Waals surface area contributed by atoms with Crippen LogP contribution in [-0.4, -0.2) is 51.1 Å². The van der Waals surface area contributed by atoms with Crippen molar-refractivity contribution < 1.29 is 4.74 Å². The Hall–Kier alpha value is -2.57. The summed E-state index contributed by atoms with van der Waals surface area (Å²) in [5.41, 5.74) is 3.16. The maximum Gasteiger partial charge on any atom is 0.124 e. The Bertz CT molecular complexity index is 820. The Morgan fingerprint density at radius 3 is 2.88 bits per heavy atom. The molecule has 0 aliphatic carbocycles. The van der Waals surface area contributed by atoms with Crippen molar-refractivity contribution in [2.75, 3.05) is 20.2 Å². The van der Waals surface area contributed by atoms with E-state index in [2.05, 4.69) is 30.9 Å². The zero-order valence-electron chi connectivity index (χ0n) is 14.9. The number of rotatable bonds is 6. The lowest BCUT2D eigenvalue weighted by Gasteiger charge is -2.22. The van der Waals surface area contributed by atoms with Crippen LogP contribution in [0.1, 0.15) is 24.0 Å². The SMILES string of the molecule is CO[C@@H]1C[C@@H](c2ncc(-c3cccnc3)[nH]2)N(CCc2ccccn2)C1. The van der Waals surface area contributed by atoms with Gasteiger partial charge < -0.3 is 9.72 Å². The van der Waals surface area contributed by atoms with E-state index in [9.17, 15) is 0 Å². The van der Waals surface area contributed by atoms with Gasteiger partial charge in [0.05, 0.1) is 24.0 Å². The monoisotopic (exact) mass is 349 g/mol. The first-order valence-corrected chi connectivity index (χ1v) is 8.95. The fraction of sp³-hybridized carbons (Fsp3) is 0.350. The van der Waals surface area contributed by atoms with Crippen LogP contribution in [0.4, 0.5) is 0 Å². The van der Waals surface area contributed by atoms with Crippen LogP contribution in [0.3, 0.4) is 0 Å². The van der Waals surface area contributed by atoms with Crippen molar-refractivity contribution in [1.29, 1.82) is 0 Å². The number of H-pyrrole nitrogens is 1. The molecule has 6 heteroatoms. The van der Waals surface area contributed by atoms with Crippen LogP contribution in [0.2, 0.25) is 0 Å².